The van der Waals surface area contributed by atoms with E-state index in [2.05, 4.69) is 31.1 Å². The Morgan fingerprint density at radius 1 is 1.44 bits per heavy atom. The van der Waals surface area contributed by atoms with E-state index in [9.17, 15) is 0 Å². The standard InChI is InChI=1S/C13H22N2O/c1-6-13(3,4)9-15-11-7-10(2)14-8-12(11)16-5/h7-8H,6,9H2,1-5H3,(H,14,15). The Bertz CT molecular complexity index is 348. The first kappa shape index (κ1) is 12.8. The van der Waals surface area contributed by atoms with Crippen LogP contribution in [0.5, 0.6) is 5.75 Å². The number of hydrogen-bond acceptors (Lipinski definition) is 3. The highest BCUT2D eigenvalue weighted by atomic mass is 16.5. The number of nitrogens with one attached hydrogen (secondary N) is 1. The van der Waals surface area contributed by atoms with Gasteiger partial charge < -0.3 is 10.1 Å². The van der Waals surface area contributed by atoms with Gasteiger partial charge in [0.1, 0.15) is 0 Å². The third kappa shape index (κ3) is 3.40. The van der Waals surface area contributed by atoms with Crippen LogP contribution in [0.4, 0.5) is 5.69 Å². The Kier molecular flexibility index (Phi) is 4.16. The van der Waals surface area contributed by atoms with Gasteiger partial charge in [0.15, 0.2) is 5.75 Å². The molecule has 0 bridgehead atoms. The van der Waals surface area contributed by atoms with E-state index in [1.807, 2.05) is 13.0 Å². The van der Waals surface area contributed by atoms with Gasteiger partial charge in [-0.05, 0) is 24.8 Å². The quantitative estimate of drug-likeness (QED) is 0.830. The predicted molar refractivity (Wildman–Crippen MR) is 68.1 cm³/mol. The van der Waals surface area contributed by atoms with Crippen LogP contribution in [0.25, 0.3) is 0 Å². The molecule has 16 heavy (non-hydrogen) atoms. The molecule has 3 nitrogen and oxygen atoms in total. The Balaban J connectivity index is 2.76. The van der Waals surface area contributed by atoms with Crippen molar-refractivity contribution < 1.29 is 4.74 Å². The second kappa shape index (κ2) is 5.19. The van der Waals surface area contributed by atoms with Crippen molar-refractivity contribution in [3.05, 3.63) is 18.0 Å². The van der Waals surface area contributed by atoms with Gasteiger partial charge >= 0.3 is 0 Å². The summed E-state index contributed by atoms with van der Waals surface area (Å²) in [7, 11) is 1.67. The predicted octanol–water partition coefficient (Wildman–Crippen LogP) is 3.25. The lowest BCUT2D eigenvalue weighted by Crippen LogP contribution is -2.22. The van der Waals surface area contributed by atoms with Crippen LogP contribution in [-0.4, -0.2) is 18.6 Å². The summed E-state index contributed by atoms with van der Waals surface area (Å²) in [6, 6.07) is 2.02. The van der Waals surface area contributed by atoms with Gasteiger partial charge in [0.25, 0.3) is 0 Å². The lowest BCUT2D eigenvalue weighted by atomic mass is 9.90. The molecule has 0 aliphatic carbocycles. The molecule has 0 amide bonds. The minimum absolute atomic E-state index is 0.294. The van der Waals surface area contributed by atoms with Crippen molar-refractivity contribution in [1.29, 1.82) is 0 Å². The molecule has 1 rings (SSSR count). The molecule has 0 aliphatic rings. The van der Waals surface area contributed by atoms with Crippen molar-refractivity contribution in [3.8, 4) is 5.75 Å². The number of aromatic nitrogens is 1. The molecule has 3 heteroatoms. The molecule has 0 spiro atoms. The average Bonchev–Trinajstić information content (AvgIpc) is 2.27. The maximum Gasteiger partial charge on any atom is 0.160 e. The maximum atomic E-state index is 5.27. The zero-order valence-corrected chi connectivity index (χ0v) is 10.9. The van der Waals surface area contributed by atoms with Crippen LogP contribution in [0, 0.1) is 12.3 Å². The van der Waals surface area contributed by atoms with E-state index in [1.54, 1.807) is 13.3 Å². The van der Waals surface area contributed by atoms with Crippen molar-refractivity contribution >= 4 is 5.69 Å². The van der Waals surface area contributed by atoms with E-state index in [-0.39, 0.29) is 0 Å². The summed E-state index contributed by atoms with van der Waals surface area (Å²) < 4.78 is 5.27. The molecule has 0 saturated heterocycles. The summed E-state index contributed by atoms with van der Waals surface area (Å²) in [5.41, 5.74) is 2.32. The van der Waals surface area contributed by atoms with Gasteiger partial charge in [-0.25, -0.2) is 0 Å². The van der Waals surface area contributed by atoms with Crippen molar-refractivity contribution in [2.45, 2.75) is 34.1 Å². The van der Waals surface area contributed by atoms with Gasteiger partial charge in [-0.15, -0.1) is 0 Å². The van der Waals surface area contributed by atoms with Crippen molar-refractivity contribution in [2.24, 2.45) is 5.41 Å². The minimum atomic E-state index is 0.294. The van der Waals surface area contributed by atoms with Crippen LogP contribution in [0.2, 0.25) is 0 Å². The molecule has 0 atom stereocenters. The molecular formula is C13H22N2O. The fourth-order valence-electron chi connectivity index (χ4n) is 1.31. The molecule has 0 aromatic carbocycles. The van der Waals surface area contributed by atoms with Crippen LogP contribution in [0.3, 0.4) is 0 Å². The minimum Gasteiger partial charge on any atom is -0.493 e. The Labute approximate surface area is 98.2 Å². The average molecular weight is 222 g/mol. The van der Waals surface area contributed by atoms with E-state index in [4.69, 9.17) is 4.74 Å². The molecule has 1 aromatic heterocycles. The monoisotopic (exact) mass is 222 g/mol. The highest BCUT2D eigenvalue weighted by Crippen LogP contribution is 2.26. The summed E-state index contributed by atoms with van der Waals surface area (Å²) >= 11 is 0. The van der Waals surface area contributed by atoms with E-state index in [0.29, 0.717) is 5.41 Å². The molecule has 1 N–H and O–H groups in total. The third-order valence-corrected chi connectivity index (χ3v) is 2.94. The zero-order valence-electron chi connectivity index (χ0n) is 10.9. The Hall–Kier alpha value is -1.25. The summed E-state index contributed by atoms with van der Waals surface area (Å²) in [5.74, 6) is 0.803. The fraction of sp³-hybridized carbons (Fsp3) is 0.615. The molecule has 0 unspecified atom stereocenters. The normalized spacial score (nSPS) is 11.3. The highest BCUT2D eigenvalue weighted by molar-refractivity contribution is 5.55. The number of pyridine rings is 1. The largest absolute Gasteiger partial charge is 0.493 e. The number of anilines is 1. The summed E-state index contributed by atoms with van der Waals surface area (Å²) in [5, 5.41) is 3.43. The van der Waals surface area contributed by atoms with E-state index in [1.165, 1.54) is 0 Å². The summed E-state index contributed by atoms with van der Waals surface area (Å²) in [6.45, 7) is 9.62. The molecular weight excluding hydrogens is 200 g/mol. The van der Waals surface area contributed by atoms with Crippen LogP contribution < -0.4 is 10.1 Å². The van der Waals surface area contributed by atoms with Crippen LogP contribution in [0.15, 0.2) is 12.3 Å². The first-order chi connectivity index (χ1) is 7.48. The van der Waals surface area contributed by atoms with E-state index >= 15 is 0 Å². The van der Waals surface area contributed by atoms with Crippen molar-refractivity contribution in [2.75, 3.05) is 19.0 Å². The Morgan fingerprint density at radius 3 is 2.69 bits per heavy atom. The molecule has 90 valence electrons. The molecule has 1 aromatic rings. The van der Waals surface area contributed by atoms with Crippen LogP contribution in [0.1, 0.15) is 32.9 Å². The highest BCUT2D eigenvalue weighted by Gasteiger charge is 2.15. The number of ether oxygens (including phenoxy) is 1. The Morgan fingerprint density at radius 2 is 2.12 bits per heavy atom. The van der Waals surface area contributed by atoms with Gasteiger partial charge in [0.05, 0.1) is 19.0 Å². The second-order valence-corrected chi connectivity index (χ2v) is 4.90. The molecule has 0 aliphatic heterocycles. The van der Waals surface area contributed by atoms with Crippen molar-refractivity contribution in [1.82, 2.24) is 4.98 Å². The van der Waals surface area contributed by atoms with E-state index < -0.39 is 0 Å². The van der Waals surface area contributed by atoms with Gasteiger partial charge in [0, 0.05) is 12.2 Å². The third-order valence-electron chi connectivity index (χ3n) is 2.94. The smallest absolute Gasteiger partial charge is 0.160 e. The second-order valence-electron chi connectivity index (χ2n) is 4.90. The SMILES string of the molecule is CCC(C)(C)CNc1cc(C)ncc1OC. The van der Waals surface area contributed by atoms with Gasteiger partial charge in [-0.3, -0.25) is 4.98 Å². The fourth-order valence-corrected chi connectivity index (χ4v) is 1.31. The topological polar surface area (TPSA) is 34.2 Å². The van der Waals surface area contributed by atoms with E-state index in [0.717, 1.165) is 30.1 Å². The molecule has 0 saturated carbocycles. The number of nitrogens with zero attached hydrogens (tertiary/aromatic N) is 1. The van der Waals surface area contributed by atoms with Gasteiger partial charge in [0.2, 0.25) is 0 Å². The number of rotatable bonds is 5. The zero-order chi connectivity index (χ0) is 12.2. The van der Waals surface area contributed by atoms with Crippen molar-refractivity contribution in [3.63, 3.8) is 0 Å². The lowest BCUT2D eigenvalue weighted by molar-refractivity contribution is 0.374. The van der Waals surface area contributed by atoms with Crippen LogP contribution in [-0.2, 0) is 0 Å². The molecule has 0 fully saturated rings. The van der Waals surface area contributed by atoms with Gasteiger partial charge in [-0.2, -0.15) is 0 Å². The first-order valence-electron chi connectivity index (χ1n) is 5.73. The first-order valence-corrected chi connectivity index (χ1v) is 5.73. The summed E-state index contributed by atoms with van der Waals surface area (Å²) in [6.07, 6.45) is 2.91. The summed E-state index contributed by atoms with van der Waals surface area (Å²) in [4.78, 5) is 4.21. The van der Waals surface area contributed by atoms with Gasteiger partial charge in [-0.1, -0.05) is 20.8 Å². The maximum absolute atomic E-state index is 5.27. The lowest BCUT2D eigenvalue weighted by Gasteiger charge is -2.24. The number of hydrogen-bond donors (Lipinski definition) is 1. The van der Waals surface area contributed by atoms with Crippen LogP contribution >= 0.6 is 0 Å². The number of methoxy groups -OCH3 is 1. The molecule has 1 heterocycles. The molecule has 0 radical (unpaired) electrons. The number of aryl methyl sites for hydroxylation is 1.